The van der Waals surface area contributed by atoms with E-state index in [0.717, 1.165) is 36.1 Å². The summed E-state index contributed by atoms with van der Waals surface area (Å²) >= 11 is 0. The Morgan fingerprint density at radius 3 is 2.68 bits per heavy atom. The number of aromatic nitrogens is 1. The molecule has 0 radical (unpaired) electrons. The SMILES string of the molecule is CCNCc1nc(C)ccc1OC1CCC(C)CC1. The Hall–Kier alpha value is -1.09. The van der Waals surface area contributed by atoms with E-state index >= 15 is 0 Å². The van der Waals surface area contributed by atoms with Crippen LogP contribution in [0.3, 0.4) is 0 Å². The van der Waals surface area contributed by atoms with Crippen LogP contribution in [0.5, 0.6) is 5.75 Å². The Balaban J connectivity index is 2.02. The van der Waals surface area contributed by atoms with Crippen LogP contribution in [0.4, 0.5) is 0 Å². The zero-order valence-corrected chi connectivity index (χ0v) is 12.4. The van der Waals surface area contributed by atoms with E-state index in [2.05, 4.69) is 30.2 Å². The molecule has 1 aromatic heterocycles. The summed E-state index contributed by atoms with van der Waals surface area (Å²) in [5.74, 6) is 1.82. The van der Waals surface area contributed by atoms with E-state index in [9.17, 15) is 0 Å². The van der Waals surface area contributed by atoms with Crippen LogP contribution in [0.25, 0.3) is 0 Å². The first kappa shape index (κ1) is 14.3. The molecule has 19 heavy (non-hydrogen) atoms. The molecule has 1 aliphatic carbocycles. The predicted molar refractivity (Wildman–Crippen MR) is 78.4 cm³/mol. The Morgan fingerprint density at radius 1 is 1.26 bits per heavy atom. The second kappa shape index (κ2) is 6.90. The van der Waals surface area contributed by atoms with Crippen molar-refractivity contribution in [2.24, 2.45) is 5.92 Å². The minimum absolute atomic E-state index is 0.376. The molecule has 0 amide bonds. The van der Waals surface area contributed by atoms with Crippen LogP contribution in [0, 0.1) is 12.8 Å². The van der Waals surface area contributed by atoms with E-state index in [4.69, 9.17) is 4.74 Å². The lowest BCUT2D eigenvalue weighted by molar-refractivity contribution is 0.133. The molecule has 0 aliphatic heterocycles. The predicted octanol–water partition coefficient (Wildman–Crippen LogP) is 3.46. The molecule has 2 rings (SSSR count). The van der Waals surface area contributed by atoms with E-state index in [1.54, 1.807) is 0 Å². The van der Waals surface area contributed by atoms with Gasteiger partial charge in [0.1, 0.15) is 5.75 Å². The van der Waals surface area contributed by atoms with Crippen LogP contribution in [0.1, 0.15) is 50.9 Å². The van der Waals surface area contributed by atoms with Gasteiger partial charge in [-0.15, -0.1) is 0 Å². The number of hydrogen-bond donors (Lipinski definition) is 1. The Morgan fingerprint density at radius 2 is 2.00 bits per heavy atom. The largest absolute Gasteiger partial charge is 0.488 e. The third kappa shape index (κ3) is 4.20. The van der Waals surface area contributed by atoms with Crippen LogP contribution in [-0.4, -0.2) is 17.6 Å². The lowest BCUT2D eigenvalue weighted by Gasteiger charge is -2.27. The molecular weight excluding hydrogens is 236 g/mol. The molecule has 0 aromatic carbocycles. The Bertz CT molecular complexity index is 398. The summed E-state index contributed by atoms with van der Waals surface area (Å²) in [6, 6.07) is 4.11. The molecule has 0 spiro atoms. The number of hydrogen-bond acceptors (Lipinski definition) is 3. The number of ether oxygens (including phenoxy) is 1. The van der Waals surface area contributed by atoms with Crippen LogP contribution >= 0.6 is 0 Å². The number of nitrogens with one attached hydrogen (secondary N) is 1. The third-order valence-electron chi connectivity index (χ3n) is 3.87. The fourth-order valence-electron chi connectivity index (χ4n) is 2.60. The lowest BCUT2D eigenvalue weighted by atomic mass is 9.89. The molecule has 106 valence electrons. The molecule has 3 nitrogen and oxygen atoms in total. The standard InChI is InChI=1S/C16H26N2O/c1-4-17-11-15-16(10-7-13(3)18-15)19-14-8-5-12(2)6-9-14/h7,10,12,14,17H,4-6,8-9,11H2,1-3H3. The lowest BCUT2D eigenvalue weighted by Crippen LogP contribution is -2.24. The molecule has 1 fully saturated rings. The first-order valence-corrected chi connectivity index (χ1v) is 7.53. The maximum absolute atomic E-state index is 6.18. The summed E-state index contributed by atoms with van der Waals surface area (Å²) < 4.78 is 6.18. The van der Waals surface area contributed by atoms with Gasteiger partial charge in [0.25, 0.3) is 0 Å². The van der Waals surface area contributed by atoms with Crippen LogP contribution in [-0.2, 0) is 6.54 Å². The van der Waals surface area contributed by atoms with Gasteiger partial charge in [-0.2, -0.15) is 0 Å². The van der Waals surface area contributed by atoms with Crippen molar-refractivity contribution in [3.8, 4) is 5.75 Å². The first-order valence-electron chi connectivity index (χ1n) is 7.53. The van der Waals surface area contributed by atoms with E-state index in [0.29, 0.717) is 6.10 Å². The molecule has 3 heteroatoms. The maximum atomic E-state index is 6.18. The summed E-state index contributed by atoms with van der Waals surface area (Å²) in [6.07, 6.45) is 5.30. The molecule has 0 saturated heterocycles. The second-order valence-corrected chi connectivity index (χ2v) is 5.68. The second-order valence-electron chi connectivity index (χ2n) is 5.68. The molecule has 1 heterocycles. The summed E-state index contributed by atoms with van der Waals surface area (Å²) in [7, 11) is 0. The summed E-state index contributed by atoms with van der Waals surface area (Å²) in [4.78, 5) is 4.60. The highest BCUT2D eigenvalue weighted by Gasteiger charge is 2.20. The van der Waals surface area contributed by atoms with Crippen molar-refractivity contribution >= 4 is 0 Å². The summed E-state index contributed by atoms with van der Waals surface area (Å²) in [6.45, 7) is 8.22. The van der Waals surface area contributed by atoms with Gasteiger partial charge in [0.2, 0.25) is 0 Å². The van der Waals surface area contributed by atoms with Gasteiger partial charge in [0.05, 0.1) is 11.8 Å². The minimum Gasteiger partial charge on any atom is -0.488 e. The normalized spacial score (nSPS) is 23.3. The van der Waals surface area contributed by atoms with Crippen molar-refractivity contribution in [2.45, 2.75) is 59.1 Å². The Kier molecular flexibility index (Phi) is 5.20. The molecule has 1 aliphatic rings. The van der Waals surface area contributed by atoms with E-state index in [-0.39, 0.29) is 0 Å². The average Bonchev–Trinajstić information content (AvgIpc) is 2.41. The van der Waals surface area contributed by atoms with Gasteiger partial charge in [-0.25, -0.2) is 0 Å². The van der Waals surface area contributed by atoms with Gasteiger partial charge in [0, 0.05) is 12.2 Å². The zero-order chi connectivity index (χ0) is 13.7. The van der Waals surface area contributed by atoms with E-state index in [1.807, 2.05) is 13.0 Å². The van der Waals surface area contributed by atoms with Crippen LogP contribution in [0.2, 0.25) is 0 Å². The highest BCUT2D eigenvalue weighted by Crippen LogP contribution is 2.28. The van der Waals surface area contributed by atoms with Gasteiger partial charge in [-0.1, -0.05) is 13.8 Å². The monoisotopic (exact) mass is 262 g/mol. The van der Waals surface area contributed by atoms with Gasteiger partial charge in [-0.05, 0) is 57.2 Å². The van der Waals surface area contributed by atoms with E-state index < -0.39 is 0 Å². The van der Waals surface area contributed by atoms with Crippen molar-refractivity contribution in [1.29, 1.82) is 0 Å². The topological polar surface area (TPSA) is 34.2 Å². The maximum Gasteiger partial charge on any atom is 0.142 e. The molecular formula is C16H26N2O. The van der Waals surface area contributed by atoms with Gasteiger partial charge in [-0.3, -0.25) is 4.98 Å². The fraction of sp³-hybridized carbons (Fsp3) is 0.688. The third-order valence-corrected chi connectivity index (χ3v) is 3.87. The minimum atomic E-state index is 0.376. The smallest absolute Gasteiger partial charge is 0.142 e. The summed E-state index contributed by atoms with van der Waals surface area (Å²) in [5.41, 5.74) is 2.10. The van der Waals surface area contributed by atoms with Gasteiger partial charge < -0.3 is 10.1 Å². The number of nitrogens with zero attached hydrogens (tertiary/aromatic N) is 1. The fourth-order valence-corrected chi connectivity index (χ4v) is 2.60. The van der Waals surface area contributed by atoms with Crippen LogP contribution in [0.15, 0.2) is 12.1 Å². The van der Waals surface area contributed by atoms with Crippen molar-refractivity contribution in [3.63, 3.8) is 0 Å². The molecule has 0 atom stereocenters. The first-order chi connectivity index (χ1) is 9.19. The van der Waals surface area contributed by atoms with Crippen molar-refractivity contribution < 1.29 is 4.74 Å². The number of pyridine rings is 1. The van der Waals surface area contributed by atoms with E-state index in [1.165, 1.54) is 25.7 Å². The molecule has 0 unspecified atom stereocenters. The summed E-state index contributed by atoms with van der Waals surface area (Å²) in [5, 5.41) is 3.33. The van der Waals surface area contributed by atoms with Crippen molar-refractivity contribution in [3.05, 3.63) is 23.5 Å². The number of aryl methyl sites for hydroxylation is 1. The highest BCUT2D eigenvalue weighted by molar-refractivity contribution is 5.29. The van der Waals surface area contributed by atoms with Gasteiger partial charge in [0.15, 0.2) is 0 Å². The van der Waals surface area contributed by atoms with Gasteiger partial charge >= 0.3 is 0 Å². The zero-order valence-electron chi connectivity index (χ0n) is 12.4. The molecule has 1 aromatic rings. The molecule has 1 N–H and O–H groups in total. The molecule has 0 bridgehead atoms. The van der Waals surface area contributed by atoms with Crippen molar-refractivity contribution in [1.82, 2.24) is 10.3 Å². The Labute approximate surface area is 116 Å². The highest BCUT2D eigenvalue weighted by atomic mass is 16.5. The quantitative estimate of drug-likeness (QED) is 0.882. The van der Waals surface area contributed by atoms with Crippen LogP contribution < -0.4 is 10.1 Å². The van der Waals surface area contributed by atoms with Crippen molar-refractivity contribution in [2.75, 3.05) is 6.54 Å². The molecule has 1 saturated carbocycles. The number of rotatable bonds is 5. The average molecular weight is 262 g/mol.